The fourth-order valence-corrected chi connectivity index (χ4v) is 3.42. The van der Waals surface area contributed by atoms with Gasteiger partial charge in [0, 0.05) is 0 Å². The summed E-state index contributed by atoms with van der Waals surface area (Å²) in [4.78, 5) is 10.9. The van der Waals surface area contributed by atoms with Crippen molar-refractivity contribution in [3.8, 4) is 0 Å². The van der Waals surface area contributed by atoms with E-state index in [1.807, 2.05) is 51.1 Å². The van der Waals surface area contributed by atoms with Crippen molar-refractivity contribution in [2.75, 3.05) is 0 Å². The summed E-state index contributed by atoms with van der Waals surface area (Å²) in [7, 11) is 0. The molecule has 0 spiro atoms. The maximum atomic E-state index is 11.2. The molecule has 1 N–H and O–H groups in total. The number of hydrogen-bond donors (Lipinski definition) is 1. The van der Waals surface area contributed by atoms with E-state index in [-0.39, 0.29) is 25.2 Å². The number of carboxylic acid groups (broad SMARTS) is 1. The normalized spacial score (nSPS) is 13.5. The Morgan fingerprint density at radius 3 is 2.20 bits per heavy atom. The van der Waals surface area contributed by atoms with Crippen LogP contribution in [0.2, 0.25) is 4.82 Å². The van der Waals surface area contributed by atoms with Crippen molar-refractivity contribution in [3.63, 3.8) is 0 Å². The Hall–Kier alpha value is -0.791. The minimum atomic E-state index is -0.689. The summed E-state index contributed by atoms with van der Waals surface area (Å²) in [6.07, 6.45) is 0. The van der Waals surface area contributed by atoms with Gasteiger partial charge in [0.1, 0.15) is 0 Å². The molecule has 15 heavy (non-hydrogen) atoms. The third-order valence-corrected chi connectivity index (χ3v) is 5.55. The van der Waals surface area contributed by atoms with Crippen LogP contribution in [0.15, 0.2) is 30.3 Å². The van der Waals surface area contributed by atoms with E-state index in [0.29, 0.717) is 0 Å². The van der Waals surface area contributed by atoms with E-state index < -0.39 is 5.97 Å². The monoisotopic (exact) mass is 272 g/mol. The molecule has 0 aliphatic rings. The second kappa shape index (κ2) is 4.82. The summed E-state index contributed by atoms with van der Waals surface area (Å²) >= 11 is -0.00859. The van der Waals surface area contributed by atoms with Crippen molar-refractivity contribution >= 4 is 25.4 Å². The summed E-state index contributed by atoms with van der Waals surface area (Å²) < 4.78 is 1.15. The van der Waals surface area contributed by atoms with Gasteiger partial charge >= 0.3 is 96.6 Å². The molecule has 0 heterocycles. The summed E-state index contributed by atoms with van der Waals surface area (Å²) in [6.45, 7) is 5.95. The van der Waals surface area contributed by atoms with E-state index in [2.05, 4.69) is 0 Å². The van der Waals surface area contributed by atoms with Crippen LogP contribution in [0.1, 0.15) is 20.8 Å². The molecule has 3 heteroatoms. The van der Waals surface area contributed by atoms with Gasteiger partial charge in [0.05, 0.1) is 0 Å². The van der Waals surface area contributed by atoms with E-state index in [0.717, 1.165) is 4.46 Å². The Labute approximate surface area is 96.9 Å². The van der Waals surface area contributed by atoms with Gasteiger partial charge in [0.25, 0.3) is 0 Å². The summed E-state index contributed by atoms with van der Waals surface area (Å²) in [6, 6.07) is 9.87. The Morgan fingerprint density at radius 1 is 1.27 bits per heavy atom. The van der Waals surface area contributed by atoms with Crippen LogP contribution < -0.4 is 4.46 Å². The molecule has 0 amide bonds. The standard InChI is InChI=1S/C12H16O2Se/c1-12(2,3)10(11(13)14)15-9-7-5-4-6-8-9/h4-8,10H,1-3H3,(H,13,14). The predicted octanol–water partition coefficient (Wildman–Crippen LogP) is 1.94. The number of aliphatic carboxylic acids is 1. The number of hydrogen-bond acceptors (Lipinski definition) is 1. The second-order valence-electron chi connectivity index (χ2n) is 4.52. The van der Waals surface area contributed by atoms with Crippen LogP contribution in [0.25, 0.3) is 0 Å². The summed E-state index contributed by atoms with van der Waals surface area (Å²) in [5, 5.41) is 9.19. The average Bonchev–Trinajstić information content (AvgIpc) is 2.13. The molecule has 1 rings (SSSR count). The van der Waals surface area contributed by atoms with E-state index in [9.17, 15) is 9.90 Å². The first kappa shape index (κ1) is 12.3. The predicted molar refractivity (Wildman–Crippen MR) is 62.7 cm³/mol. The van der Waals surface area contributed by atoms with Crippen molar-refractivity contribution in [2.45, 2.75) is 25.6 Å². The van der Waals surface area contributed by atoms with Crippen LogP contribution in [0, 0.1) is 5.41 Å². The van der Waals surface area contributed by atoms with Crippen molar-refractivity contribution in [3.05, 3.63) is 30.3 Å². The first-order chi connectivity index (χ1) is 6.91. The first-order valence-electron chi connectivity index (χ1n) is 4.86. The molecular weight excluding hydrogens is 255 g/mol. The fourth-order valence-electron chi connectivity index (χ4n) is 1.23. The third kappa shape index (κ3) is 3.69. The average molecular weight is 271 g/mol. The molecule has 0 saturated heterocycles. The van der Waals surface area contributed by atoms with Crippen LogP contribution in [0.5, 0.6) is 0 Å². The SMILES string of the molecule is CC(C)(C)C([Se]c1ccccc1)C(=O)O. The number of benzene rings is 1. The summed E-state index contributed by atoms with van der Waals surface area (Å²) in [5.74, 6) is -0.689. The van der Waals surface area contributed by atoms with E-state index in [1.165, 1.54) is 0 Å². The van der Waals surface area contributed by atoms with Crippen LogP contribution in [-0.4, -0.2) is 26.0 Å². The van der Waals surface area contributed by atoms with Gasteiger partial charge in [-0.25, -0.2) is 0 Å². The molecule has 0 saturated carbocycles. The van der Waals surface area contributed by atoms with Gasteiger partial charge in [-0.3, -0.25) is 0 Å². The summed E-state index contributed by atoms with van der Waals surface area (Å²) in [5.41, 5.74) is -0.179. The van der Waals surface area contributed by atoms with Gasteiger partial charge in [-0.05, 0) is 0 Å². The Kier molecular flexibility index (Phi) is 3.95. The molecule has 1 aromatic rings. The molecule has 1 aromatic carbocycles. The van der Waals surface area contributed by atoms with Crippen molar-refractivity contribution < 1.29 is 9.90 Å². The molecule has 0 aliphatic heterocycles. The fraction of sp³-hybridized carbons (Fsp3) is 0.417. The van der Waals surface area contributed by atoms with Gasteiger partial charge in [-0.1, -0.05) is 0 Å². The Balaban J connectivity index is 2.82. The van der Waals surface area contributed by atoms with E-state index in [1.54, 1.807) is 0 Å². The maximum absolute atomic E-state index is 11.2. The molecule has 0 aromatic heterocycles. The molecule has 82 valence electrons. The van der Waals surface area contributed by atoms with Crippen LogP contribution >= 0.6 is 0 Å². The van der Waals surface area contributed by atoms with Crippen molar-refractivity contribution in [1.82, 2.24) is 0 Å². The zero-order valence-corrected chi connectivity index (χ0v) is 10.9. The topological polar surface area (TPSA) is 37.3 Å². The molecule has 2 nitrogen and oxygen atoms in total. The number of carboxylic acids is 1. The first-order valence-corrected chi connectivity index (χ1v) is 6.70. The zero-order chi connectivity index (χ0) is 11.5. The molecule has 0 radical (unpaired) electrons. The number of rotatable bonds is 3. The third-order valence-electron chi connectivity index (χ3n) is 2.01. The quantitative estimate of drug-likeness (QED) is 0.853. The second-order valence-corrected chi connectivity index (χ2v) is 6.99. The Bertz CT molecular complexity index is 327. The van der Waals surface area contributed by atoms with Gasteiger partial charge in [-0.2, -0.15) is 0 Å². The Morgan fingerprint density at radius 2 is 1.80 bits per heavy atom. The molecule has 0 fully saturated rings. The molecule has 0 bridgehead atoms. The van der Waals surface area contributed by atoms with Gasteiger partial charge in [-0.15, -0.1) is 0 Å². The van der Waals surface area contributed by atoms with Crippen molar-refractivity contribution in [2.24, 2.45) is 5.41 Å². The number of carbonyl (C=O) groups is 1. The van der Waals surface area contributed by atoms with Crippen LogP contribution in [0.4, 0.5) is 0 Å². The zero-order valence-electron chi connectivity index (χ0n) is 9.23. The van der Waals surface area contributed by atoms with Crippen LogP contribution in [-0.2, 0) is 4.79 Å². The van der Waals surface area contributed by atoms with Gasteiger partial charge < -0.3 is 0 Å². The van der Waals surface area contributed by atoms with Gasteiger partial charge in [0.2, 0.25) is 0 Å². The van der Waals surface area contributed by atoms with E-state index in [4.69, 9.17) is 0 Å². The van der Waals surface area contributed by atoms with Crippen molar-refractivity contribution in [1.29, 1.82) is 0 Å². The van der Waals surface area contributed by atoms with E-state index >= 15 is 0 Å². The molecule has 1 unspecified atom stereocenters. The molecular formula is C12H16O2Se. The van der Waals surface area contributed by atoms with Gasteiger partial charge in [0.15, 0.2) is 0 Å². The molecule has 1 atom stereocenters. The minimum absolute atomic E-state index is 0.00859. The van der Waals surface area contributed by atoms with Crippen LogP contribution in [0.3, 0.4) is 0 Å². The molecule has 0 aliphatic carbocycles.